The van der Waals surface area contributed by atoms with Crippen LogP contribution in [-0.4, -0.2) is 49.3 Å². The molecule has 0 aliphatic carbocycles. The average Bonchev–Trinajstić information content (AvgIpc) is 3.01. The number of carbonyl (C=O) groups is 2. The topological polar surface area (TPSA) is 87.7 Å². The SMILES string of the molecule is COC(=O)C1CCCN1.Cl.O=C(O)C1CCCN1. The van der Waals surface area contributed by atoms with Crippen LogP contribution in [0.15, 0.2) is 0 Å². The number of nitrogens with one attached hydrogen (secondary N) is 2. The highest BCUT2D eigenvalue weighted by molar-refractivity contribution is 5.85. The van der Waals surface area contributed by atoms with Gasteiger partial charge in [-0.15, -0.1) is 12.4 Å². The van der Waals surface area contributed by atoms with Crippen LogP contribution >= 0.6 is 12.4 Å². The van der Waals surface area contributed by atoms with Gasteiger partial charge in [0, 0.05) is 0 Å². The summed E-state index contributed by atoms with van der Waals surface area (Å²) in [6.45, 7) is 1.80. The molecule has 2 aliphatic heterocycles. The fourth-order valence-corrected chi connectivity index (χ4v) is 1.92. The summed E-state index contributed by atoms with van der Waals surface area (Å²) in [5, 5.41) is 14.2. The Balaban J connectivity index is 0.000000306. The van der Waals surface area contributed by atoms with Crippen molar-refractivity contribution in [2.24, 2.45) is 0 Å². The number of carboxylic acids is 1. The first-order chi connectivity index (χ1) is 8.15. The lowest BCUT2D eigenvalue weighted by Gasteiger charge is -2.04. The minimum Gasteiger partial charge on any atom is -0.480 e. The predicted octanol–water partition coefficient (Wildman–Crippen LogP) is 0.156. The Hall–Kier alpha value is -0.850. The van der Waals surface area contributed by atoms with Crippen molar-refractivity contribution in [3.05, 3.63) is 0 Å². The van der Waals surface area contributed by atoms with Crippen molar-refractivity contribution >= 4 is 24.3 Å². The zero-order valence-corrected chi connectivity index (χ0v) is 11.3. The average molecular weight is 281 g/mol. The first-order valence-corrected chi connectivity index (χ1v) is 5.92. The normalized spacial score (nSPS) is 25.6. The number of hydrogen-bond acceptors (Lipinski definition) is 5. The second-order valence-corrected chi connectivity index (χ2v) is 4.16. The number of rotatable bonds is 2. The molecule has 0 amide bonds. The fraction of sp³-hybridized carbons (Fsp3) is 0.818. The molecule has 7 heteroatoms. The molecule has 0 aromatic carbocycles. The number of esters is 1. The van der Waals surface area contributed by atoms with Crippen molar-refractivity contribution in [3.63, 3.8) is 0 Å². The van der Waals surface area contributed by atoms with Crippen LogP contribution < -0.4 is 10.6 Å². The molecule has 0 saturated carbocycles. The van der Waals surface area contributed by atoms with Crippen molar-refractivity contribution in [1.29, 1.82) is 0 Å². The maximum atomic E-state index is 10.7. The van der Waals surface area contributed by atoms with E-state index in [4.69, 9.17) is 5.11 Å². The van der Waals surface area contributed by atoms with Gasteiger partial charge in [-0.1, -0.05) is 0 Å². The fourth-order valence-electron chi connectivity index (χ4n) is 1.92. The standard InChI is InChI=1S/C6H11NO2.C5H9NO2.ClH/c1-9-6(8)5-3-2-4-7-5;7-5(8)4-2-1-3-6-4;/h5,7H,2-4H2,1H3;4,6H,1-3H2,(H,7,8);1H. The summed E-state index contributed by atoms with van der Waals surface area (Å²) in [4.78, 5) is 20.9. The third kappa shape index (κ3) is 5.66. The Morgan fingerprint density at radius 2 is 1.61 bits per heavy atom. The zero-order chi connectivity index (χ0) is 12.7. The molecule has 18 heavy (non-hydrogen) atoms. The largest absolute Gasteiger partial charge is 0.480 e. The van der Waals surface area contributed by atoms with Gasteiger partial charge in [-0.2, -0.15) is 0 Å². The van der Waals surface area contributed by atoms with E-state index in [0.29, 0.717) is 0 Å². The van der Waals surface area contributed by atoms with Crippen molar-refractivity contribution in [2.75, 3.05) is 20.2 Å². The molecule has 2 saturated heterocycles. The molecular weight excluding hydrogens is 260 g/mol. The third-order valence-corrected chi connectivity index (χ3v) is 2.90. The van der Waals surface area contributed by atoms with Crippen LogP contribution in [-0.2, 0) is 14.3 Å². The molecule has 6 nitrogen and oxygen atoms in total. The van der Waals surface area contributed by atoms with Gasteiger partial charge in [-0.25, -0.2) is 0 Å². The number of hydrogen-bond donors (Lipinski definition) is 3. The Morgan fingerprint density at radius 1 is 1.11 bits per heavy atom. The lowest BCUT2D eigenvalue weighted by atomic mass is 10.2. The molecule has 106 valence electrons. The van der Waals surface area contributed by atoms with E-state index < -0.39 is 5.97 Å². The van der Waals surface area contributed by atoms with Crippen LogP contribution in [0, 0.1) is 0 Å². The second-order valence-electron chi connectivity index (χ2n) is 4.16. The summed E-state index contributed by atoms with van der Waals surface area (Å²) >= 11 is 0. The highest BCUT2D eigenvalue weighted by Crippen LogP contribution is 2.05. The first kappa shape index (κ1) is 17.2. The highest BCUT2D eigenvalue weighted by Gasteiger charge is 2.22. The van der Waals surface area contributed by atoms with E-state index in [-0.39, 0.29) is 30.5 Å². The number of halogens is 1. The molecule has 3 N–H and O–H groups in total. The summed E-state index contributed by atoms with van der Waals surface area (Å²) < 4.78 is 4.53. The third-order valence-electron chi connectivity index (χ3n) is 2.90. The summed E-state index contributed by atoms with van der Waals surface area (Å²) in [6, 6.07) is -0.301. The summed E-state index contributed by atoms with van der Waals surface area (Å²) in [5.41, 5.74) is 0. The minimum atomic E-state index is -0.720. The van der Waals surface area contributed by atoms with Gasteiger partial charge in [0.2, 0.25) is 0 Å². The monoisotopic (exact) mass is 280 g/mol. The number of aliphatic carboxylic acids is 1. The molecule has 2 aliphatic rings. The molecule has 0 aromatic rings. The lowest BCUT2D eigenvalue weighted by molar-refractivity contribution is -0.142. The molecule has 0 aromatic heterocycles. The number of carbonyl (C=O) groups excluding carboxylic acids is 1. The first-order valence-electron chi connectivity index (χ1n) is 5.92. The van der Waals surface area contributed by atoms with Gasteiger partial charge in [0.1, 0.15) is 12.1 Å². The molecule has 0 spiro atoms. The van der Waals surface area contributed by atoms with Crippen LogP contribution in [0.1, 0.15) is 25.7 Å². The van der Waals surface area contributed by atoms with Crippen LogP contribution in [0.4, 0.5) is 0 Å². The van der Waals surface area contributed by atoms with Crippen LogP contribution in [0.3, 0.4) is 0 Å². The van der Waals surface area contributed by atoms with E-state index >= 15 is 0 Å². The van der Waals surface area contributed by atoms with Crippen LogP contribution in [0.5, 0.6) is 0 Å². The van der Waals surface area contributed by atoms with Gasteiger partial charge in [-0.3, -0.25) is 9.59 Å². The summed E-state index contributed by atoms with van der Waals surface area (Å²) in [7, 11) is 1.42. The van der Waals surface area contributed by atoms with Crippen molar-refractivity contribution in [2.45, 2.75) is 37.8 Å². The van der Waals surface area contributed by atoms with Gasteiger partial charge < -0.3 is 20.5 Å². The van der Waals surface area contributed by atoms with Gasteiger partial charge in [-0.05, 0) is 38.8 Å². The van der Waals surface area contributed by atoms with Crippen molar-refractivity contribution in [1.82, 2.24) is 10.6 Å². The van der Waals surface area contributed by atoms with Crippen LogP contribution in [0.2, 0.25) is 0 Å². The maximum absolute atomic E-state index is 10.7. The molecule has 2 fully saturated rings. The molecule has 0 radical (unpaired) electrons. The highest BCUT2D eigenvalue weighted by atomic mass is 35.5. The Morgan fingerprint density at radius 3 is 1.89 bits per heavy atom. The zero-order valence-electron chi connectivity index (χ0n) is 10.5. The molecule has 2 rings (SSSR count). The van der Waals surface area contributed by atoms with E-state index in [1.165, 1.54) is 7.11 Å². The lowest BCUT2D eigenvalue weighted by Crippen LogP contribution is -2.31. The Bertz CT molecular complexity index is 264. The molecule has 2 heterocycles. The molecule has 2 unspecified atom stereocenters. The van der Waals surface area contributed by atoms with Gasteiger partial charge >= 0.3 is 11.9 Å². The van der Waals surface area contributed by atoms with Gasteiger partial charge in [0.05, 0.1) is 7.11 Å². The van der Waals surface area contributed by atoms with Gasteiger partial charge in [0.25, 0.3) is 0 Å². The molecule has 0 bridgehead atoms. The van der Waals surface area contributed by atoms with Gasteiger partial charge in [0.15, 0.2) is 0 Å². The van der Waals surface area contributed by atoms with E-state index in [2.05, 4.69) is 15.4 Å². The quantitative estimate of drug-likeness (QED) is 0.625. The van der Waals surface area contributed by atoms with Crippen LogP contribution in [0.25, 0.3) is 0 Å². The van der Waals surface area contributed by atoms with E-state index in [1.807, 2.05) is 0 Å². The Kier molecular flexibility index (Phi) is 8.70. The predicted molar refractivity (Wildman–Crippen MR) is 68.9 cm³/mol. The van der Waals surface area contributed by atoms with E-state index in [0.717, 1.165) is 38.8 Å². The number of carboxylic acid groups (broad SMARTS) is 1. The van der Waals surface area contributed by atoms with E-state index in [1.54, 1.807) is 0 Å². The number of ether oxygens (including phenoxy) is 1. The van der Waals surface area contributed by atoms with Crippen molar-refractivity contribution in [3.8, 4) is 0 Å². The number of methoxy groups -OCH3 is 1. The van der Waals surface area contributed by atoms with E-state index in [9.17, 15) is 9.59 Å². The maximum Gasteiger partial charge on any atom is 0.322 e. The second kappa shape index (κ2) is 9.13. The summed E-state index contributed by atoms with van der Waals surface area (Å²) in [6.07, 6.45) is 3.79. The Labute approximate surface area is 113 Å². The minimum absolute atomic E-state index is 0. The molecular formula is C11H21ClN2O4. The smallest absolute Gasteiger partial charge is 0.322 e. The van der Waals surface area contributed by atoms with Crippen molar-refractivity contribution < 1.29 is 19.4 Å². The molecule has 2 atom stereocenters. The summed E-state index contributed by atoms with van der Waals surface area (Å²) in [5.74, 6) is -0.852.